The minimum Gasteiger partial charge on any atom is -0.377 e. The van der Waals surface area contributed by atoms with Crippen molar-refractivity contribution in [2.45, 2.75) is 25.5 Å². The second-order valence-electron chi connectivity index (χ2n) is 5.05. The number of aromatic nitrogens is 1. The van der Waals surface area contributed by atoms with Gasteiger partial charge in [0.25, 0.3) is 0 Å². The van der Waals surface area contributed by atoms with E-state index >= 15 is 0 Å². The van der Waals surface area contributed by atoms with Gasteiger partial charge < -0.3 is 14.6 Å². The van der Waals surface area contributed by atoms with Crippen LogP contribution < -0.4 is 5.32 Å². The highest BCUT2D eigenvalue weighted by atomic mass is 19.1. The van der Waals surface area contributed by atoms with E-state index in [1.807, 2.05) is 18.3 Å². The molecule has 1 atom stereocenters. The fraction of sp³-hybridized carbons (Fsp3) is 0.467. The Balaban J connectivity index is 1.53. The standard InChI is InChI=1S/C15H19FN2O/c16-13-3-4-15-12(10-13)5-7-18(15)8-6-17-11-14-2-1-9-19-14/h3-5,7,10,14,17H,1-2,6,8-9,11H2. The zero-order chi connectivity index (χ0) is 13.1. The van der Waals surface area contributed by atoms with E-state index in [-0.39, 0.29) is 5.82 Å². The van der Waals surface area contributed by atoms with E-state index in [0.717, 1.165) is 37.1 Å². The first-order valence-corrected chi connectivity index (χ1v) is 6.90. The van der Waals surface area contributed by atoms with Crippen LogP contribution in [0.1, 0.15) is 12.8 Å². The molecule has 2 aromatic rings. The number of nitrogens with zero attached hydrogens (tertiary/aromatic N) is 1. The van der Waals surface area contributed by atoms with Gasteiger partial charge in [-0.3, -0.25) is 0 Å². The molecule has 3 rings (SSSR count). The summed E-state index contributed by atoms with van der Waals surface area (Å²) in [5.74, 6) is -0.179. The van der Waals surface area contributed by atoms with Crippen LogP contribution in [0.4, 0.5) is 4.39 Å². The summed E-state index contributed by atoms with van der Waals surface area (Å²) < 4.78 is 20.8. The van der Waals surface area contributed by atoms with E-state index in [9.17, 15) is 4.39 Å². The Bertz CT molecular complexity index is 546. The van der Waals surface area contributed by atoms with Crippen LogP contribution in [0, 0.1) is 5.82 Å². The summed E-state index contributed by atoms with van der Waals surface area (Å²) in [6, 6.07) is 6.88. The van der Waals surface area contributed by atoms with Crippen molar-refractivity contribution in [3.63, 3.8) is 0 Å². The fourth-order valence-corrected chi connectivity index (χ4v) is 2.63. The predicted octanol–water partition coefficient (Wildman–Crippen LogP) is 2.55. The quantitative estimate of drug-likeness (QED) is 0.838. The van der Waals surface area contributed by atoms with E-state index in [2.05, 4.69) is 9.88 Å². The fourth-order valence-electron chi connectivity index (χ4n) is 2.63. The topological polar surface area (TPSA) is 26.2 Å². The highest BCUT2D eigenvalue weighted by molar-refractivity contribution is 5.80. The van der Waals surface area contributed by atoms with E-state index < -0.39 is 0 Å². The van der Waals surface area contributed by atoms with Gasteiger partial charge in [0.1, 0.15) is 5.82 Å². The van der Waals surface area contributed by atoms with Gasteiger partial charge in [-0.1, -0.05) is 0 Å². The Hall–Kier alpha value is -1.39. The Morgan fingerprint density at radius 1 is 1.37 bits per heavy atom. The lowest BCUT2D eigenvalue weighted by atomic mass is 10.2. The summed E-state index contributed by atoms with van der Waals surface area (Å²) >= 11 is 0. The molecule has 0 spiro atoms. The van der Waals surface area contributed by atoms with Gasteiger partial charge in [-0.05, 0) is 37.1 Å². The minimum absolute atomic E-state index is 0.179. The van der Waals surface area contributed by atoms with Crippen molar-refractivity contribution in [1.29, 1.82) is 0 Å². The van der Waals surface area contributed by atoms with Crippen molar-refractivity contribution in [3.05, 3.63) is 36.3 Å². The molecule has 0 aliphatic carbocycles. The average molecular weight is 262 g/mol. The van der Waals surface area contributed by atoms with E-state index in [1.165, 1.54) is 18.9 Å². The maximum absolute atomic E-state index is 13.1. The average Bonchev–Trinajstić information content (AvgIpc) is 3.03. The molecule has 1 aromatic carbocycles. The maximum atomic E-state index is 13.1. The Morgan fingerprint density at radius 3 is 3.16 bits per heavy atom. The number of rotatable bonds is 5. The molecule has 19 heavy (non-hydrogen) atoms. The van der Waals surface area contributed by atoms with Crippen molar-refractivity contribution in [2.75, 3.05) is 19.7 Å². The minimum atomic E-state index is -0.179. The summed E-state index contributed by atoms with van der Waals surface area (Å²) in [6.45, 7) is 3.62. The van der Waals surface area contributed by atoms with Gasteiger partial charge in [0.2, 0.25) is 0 Å². The van der Waals surface area contributed by atoms with Crippen LogP contribution in [0.2, 0.25) is 0 Å². The second-order valence-corrected chi connectivity index (χ2v) is 5.05. The third kappa shape index (κ3) is 2.96. The van der Waals surface area contributed by atoms with Crippen LogP contribution in [0.15, 0.2) is 30.5 Å². The molecule has 4 heteroatoms. The zero-order valence-electron chi connectivity index (χ0n) is 10.9. The van der Waals surface area contributed by atoms with Crippen molar-refractivity contribution in [2.24, 2.45) is 0 Å². The number of hydrogen-bond acceptors (Lipinski definition) is 2. The first kappa shape index (κ1) is 12.6. The first-order valence-electron chi connectivity index (χ1n) is 6.90. The van der Waals surface area contributed by atoms with Gasteiger partial charge in [0, 0.05) is 43.3 Å². The van der Waals surface area contributed by atoms with Crippen molar-refractivity contribution in [3.8, 4) is 0 Å². The smallest absolute Gasteiger partial charge is 0.123 e. The van der Waals surface area contributed by atoms with Crippen LogP contribution in [0.5, 0.6) is 0 Å². The number of hydrogen-bond donors (Lipinski definition) is 1. The summed E-state index contributed by atoms with van der Waals surface area (Å²) in [5, 5.41) is 4.38. The molecule has 0 amide bonds. The summed E-state index contributed by atoms with van der Waals surface area (Å²) in [7, 11) is 0. The number of ether oxygens (including phenoxy) is 1. The molecule has 3 nitrogen and oxygen atoms in total. The summed E-state index contributed by atoms with van der Waals surface area (Å²) in [5.41, 5.74) is 1.08. The third-order valence-corrected chi connectivity index (χ3v) is 3.66. The van der Waals surface area contributed by atoms with Crippen LogP contribution >= 0.6 is 0 Å². The van der Waals surface area contributed by atoms with Gasteiger partial charge in [-0.25, -0.2) is 4.39 Å². The lowest BCUT2D eigenvalue weighted by Crippen LogP contribution is -2.28. The highest BCUT2D eigenvalue weighted by Crippen LogP contribution is 2.16. The van der Waals surface area contributed by atoms with Gasteiger partial charge in [0.05, 0.1) is 6.10 Å². The summed E-state index contributed by atoms with van der Waals surface area (Å²) in [4.78, 5) is 0. The predicted molar refractivity (Wildman–Crippen MR) is 73.7 cm³/mol. The number of nitrogens with one attached hydrogen (secondary N) is 1. The highest BCUT2D eigenvalue weighted by Gasteiger charge is 2.14. The molecule has 1 aliphatic rings. The largest absolute Gasteiger partial charge is 0.377 e. The Labute approximate surface area is 112 Å². The Kier molecular flexibility index (Phi) is 3.80. The molecule has 1 fully saturated rings. The molecule has 1 aromatic heterocycles. The van der Waals surface area contributed by atoms with Gasteiger partial charge in [0.15, 0.2) is 0 Å². The lowest BCUT2D eigenvalue weighted by Gasteiger charge is -2.11. The monoisotopic (exact) mass is 262 g/mol. The molecule has 0 radical (unpaired) electrons. The molecule has 2 heterocycles. The van der Waals surface area contributed by atoms with Crippen molar-refractivity contribution < 1.29 is 9.13 Å². The van der Waals surface area contributed by atoms with E-state index in [1.54, 1.807) is 6.07 Å². The Morgan fingerprint density at radius 2 is 2.32 bits per heavy atom. The maximum Gasteiger partial charge on any atom is 0.123 e. The third-order valence-electron chi connectivity index (χ3n) is 3.66. The van der Waals surface area contributed by atoms with Crippen LogP contribution in [-0.4, -0.2) is 30.4 Å². The molecule has 102 valence electrons. The number of fused-ring (bicyclic) bond motifs is 1. The number of benzene rings is 1. The van der Waals surface area contributed by atoms with E-state index in [4.69, 9.17) is 4.74 Å². The van der Waals surface area contributed by atoms with Crippen molar-refractivity contribution in [1.82, 2.24) is 9.88 Å². The van der Waals surface area contributed by atoms with Crippen molar-refractivity contribution >= 4 is 10.9 Å². The van der Waals surface area contributed by atoms with Gasteiger partial charge >= 0.3 is 0 Å². The van der Waals surface area contributed by atoms with E-state index in [0.29, 0.717) is 6.10 Å². The van der Waals surface area contributed by atoms with Gasteiger partial charge in [-0.2, -0.15) is 0 Å². The van der Waals surface area contributed by atoms with Crippen LogP contribution in [0.3, 0.4) is 0 Å². The molecular weight excluding hydrogens is 243 g/mol. The molecule has 1 unspecified atom stereocenters. The molecule has 1 N–H and O–H groups in total. The molecule has 1 aliphatic heterocycles. The summed E-state index contributed by atoms with van der Waals surface area (Å²) in [6.07, 6.45) is 4.74. The lowest BCUT2D eigenvalue weighted by molar-refractivity contribution is 0.110. The molecular formula is C15H19FN2O. The first-order chi connectivity index (χ1) is 9.33. The SMILES string of the molecule is Fc1ccc2c(ccn2CCNCC2CCCO2)c1. The molecule has 0 saturated carbocycles. The number of halogens is 1. The van der Waals surface area contributed by atoms with Crippen LogP contribution in [0.25, 0.3) is 10.9 Å². The zero-order valence-corrected chi connectivity index (χ0v) is 10.9. The molecule has 1 saturated heterocycles. The van der Waals surface area contributed by atoms with Gasteiger partial charge in [-0.15, -0.1) is 0 Å². The molecule has 0 bridgehead atoms. The van der Waals surface area contributed by atoms with Crippen LogP contribution in [-0.2, 0) is 11.3 Å². The second kappa shape index (κ2) is 5.72. The normalized spacial score (nSPS) is 19.3.